The summed E-state index contributed by atoms with van der Waals surface area (Å²) in [5.41, 5.74) is 1.53. The lowest BCUT2D eigenvalue weighted by Crippen LogP contribution is -2.25. The zero-order valence-corrected chi connectivity index (χ0v) is 32.4. The molecule has 5 rings (SSSR count). The fourth-order valence-electron chi connectivity index (χ4n) is 6.42. The lowest BCUT2D eigenvalue weighted by atomic mass is 9.87. The summed E-state index contributed by atoms with van der Waals surface area (Å²) >= 11 is 0. The quantitative estimate of drug-likeness (QED) is 0.101. The fourth-order valence-corrected chi connectivity index (χ4v) is 7.93. The molecule has 0 spiro atoms. The molecule has 0 radical (unpaired) electrons. The Balaban J connectivity index is 1.62. The van der Waals surface area contributed by atoms with Crippen molar-refractivity contribution >= 4 is 33.2 Å². The molecule has 1 fully saturated rings. The molecule has 1 saturated carbocycles. The number of ether oxygens (including phenoxy) is 3. The number of fused-ring (bicyclic) bond motifs is 3. The van der Waals surface area contributed by atoms with Crippen LogP contribution in [0.4, 0.5) is 13.2 Å². The van der Waals surface area contributed by atoms with Crippen molar-refractivity contribution in [2.75, 3.05) is 13.2 Å². The first-order valence-corrected chi connectivity index (χ1v) is 24.5. The first kappa shape index (κ1) is 36.8. The van der Waals surface area contributed by atoms with Crippen LogP contribution in [-0.2, 0) is 57.9 Å². The summed E-state index contributed by atoms with van der Waals surface area (Å²) in [6.45, 7) is 22.6. The van der Waals surface area contributed by atoms with Gasteiger partial charge in [0.1, 0.15) is 30.3 Å². The molecular formula is C35H53F3N4O4Si2. The summed E-state index contributed by atoms with van der Waals surface area (Å²) in [4.78, 5) is 17.5. The summed E-state index contributed by atoms with van der Waals surface area (Å²) in [7, 11) is -2.71. The van der Waals surface area contributed by atoms with Crippen LogP contribution in [0.5, 0.6) is 0 Å². The Morgan fingerprint density at radius 3 is 2.21 bits per heavy atom. The van der Waals surface area contributed by atoms with Gasteiger partial charge in [-0.05, 0) is 81.2 Å². The molecule has 2 aromatic heterocycles. The zero-order valence-electron chi connectivity index (χ0n) is 30.4. The number of aromatic nitrogens is 4. The van der Waals surface area contributed by atoms with Gasteiger partial charge in [0, 0.05) is 40.6 Å². The topological polar surface area (TPSA) is 80.4 Å². The smallest absolute Gasteiger partial charge is 0.418 e. The average Bonchev–Trinajstić information content (AvgIpc) is 3.27. The third-order valence-electron chi connectivity index (χ3n) is 9.35. The summed E-state index contributed by atoms with van der Waals surface area (Å²) < 4.78 is 65.5. The van der Waals surface area contributed by atoms with E-state index in [4.69, 9.17) is 24.3 Å². The van der Waals surface area contributed by atoms with Gasteiger partial charge in [0.15, 0.2) is 5.82 Å². The summed E-state index contributed by atoms with van der Waals surface area (Å²) in [6, 6.07) is 4.58. The van der Waals surface area contributed by atoms with Crippen LogP contribution in [0.15, 0.2) is 12.1 Å². The standard InChI is InChI=1S/C35H53F3N4O4Si2/c1-33(2,3)46-29(43)17-23-15-26(35(36,37)38)31-27(16-23)41(21-44-11-13-47(5,6)7)32(39-31)30-25-18-24-19-34(24,4)20-28(25)42(40-30)22-45-12-14-48(8,9)10/h15-16,24H,11-14,17-22H2,1-10H3/t24-,34-/m1/s1. The molecule has 0 unspecified atom stereocenters. The van der Waals surface area contributed by atoms with Crippen LogP contribution in [0.2, 0.25) is 51.4 Å². The molecule has 1 aromatic carbocycles. The molecule has 266 valence electrons. The molecule has 0 bridgehead atoms. The van der Waals surface area contributed by atoms with Gasteiger partial charge in [0.25, 0.3) is 0 Å². The summed E-state index contributed by atoms with van der Waals surface area (Å²) in [5, 5.41) is 5.02. The number of benzene rings is 1. The first-order chi connectivity index (χ1) is 22.0. The van der Waals surface area contributed by atoms with Crippen molar-refractivity contribution in [1.29, 1.82) is 0 Å². The van der Waals surface area contributed by atoms with Gasteiger partial charge in [0.05, 0.1) is 17.5 Å². The van der Waals surface area contributed by atoms with Crippen molar-refractivity contribution < 1.29 is 32.2 Å². The second kappa shape index (κ2) is 13.0. The highest BCUT2D eigenvalue weighted by Gasteiger charge is 2.54. The van der Waals surface area contributed by atoms with Crippen molar-refractivity contribution in [3.05, 3.63) is 34.5 Å². The van der Waals surface area contributed by atoms with Gasteiger partial charge < -0.3 is 14.2 Å². The molecule has 13 heteroatoms. The van der Waals surface area contributed by atoms with E-state index >= 15 is 0 Å². The normalized spacial score (nSPS) is 19.8. The van der Waals surface area contributed by atoms with Gasteiger partial charge in [-0.3, -0.25) is 9.36 Å². The molecule has 48 heavy (non-hydrogen) atoms. The Morgan fingerprint density at radius 2 is 1.62 bits per heavy atom. The van der Waals surface area contributed by atoms with Crippen LogP contribution in [0, 0.1) is 11.3 Å². The molecule has 3 aromatic rings. The fraction of sp³-hybridized carbons (Fsp3) is 0.686. The van der Waals surface area contributed by atoms with Crippen molar-refractivity contribution in [3.63, 3.8) is 0 Å². The SMILES string of the molecule is CC(C)(C)OC(=O)Cc1cc(C(F)(F)F)c2nc(-c3nn(COCC[Si](C)(C)C)c4c3C[C@@H]3C[C@]3(C)C4)n(COCC[Si](C)(C)C)c2c1. The van der Waals surface area contributed by atoms with Crippen LogP contribution in [-0.4, -0.2) is 60.3 Å². The highest BCUT2D eigenvalue weighted by atomic mass is 28.3. The van der Waals surface area contributed by atoms with E-state index < -0.39 is 39.5 Å². The number of carbonyl (C=O) groups excluding carboxylic acids is 1. The monoisotopic (exact) mass is 706 g/mol. The van der Waals surface area contributed by atoms with E-state index in [1.54, 1.807) is 31.4 Å². The number of carbonyl (C=O) groups is 1. The van der Waals surface area contributed by atoms with Crippen LogP contribution in [0.25, 0.3) is 22.6 Å². The number of rotatable bonds is 13. The van der Waals surface area contributed by atoms with Crippen molar-refractivity contribution in [3.8, 4) is 11.5 Å². The highest BCUT2D eigenvalue weighted by molar-refractivity contribution is 6.76. The number of nitrogens with zero attached hydrogens (tertiary/aromatic N) is 4. The van der Waals surface area contributed by atoms with Gasteiger partial charge in [-0.15, -0.1) is 0 Å². The Morgan fingerprint density at radius 1 is 1.00 bits per heavy atom. The second-order valence-electron chi connectivity index (χ2n) is 17.5. The minimum atomic E-state index is -4.70. The molecule has 2 aliphatic rings. The lowest BCUT2D eigenvalue weighted by Gasteiger charge is -2.21. The Kier molecular flexibility index (Phi) is 9.96. The zero-order chi connectivity index (χ0) is 35.4. The molecule has 0 saturated heterocycles. The number of hydrogen-bond acceptors (Lipinski definition) is 6. The number of alkyl halides is 3. The van der Waals surface area contributed by atoms with E-state index in [0.717, 1.165) is 48.7 Å². The molecule has 8 nitrogen and oxygen atoms in total. The predicted octanol–water partition coefficient (Wildman–Crippen LogP) is 8.55. The molecular weight excluding hydrogens is 654 g/mol. The van der Waals surface area contributed by atoms with E-state index in [1.807, 2.05) is 4.68 Å². The third-order valence-corrected chi connectivity index (χ3v) is 12.8. The molecule has 0 amide bonds. The summed E-state index contributed by atoms with van der Waals surface area (Å²) in [6.07, 6.45) is -2.24. The van der Waals surface area contributed by atoms with Gasteiger partial charge in [0.2, 0.25) is 0 Å². The van der Waals surface area contributed by atoms with Crippen LogP contribution in [0.1, 0.15) is 56.5 Å². The minimum absolute atomic E-state index is 0.0129. The van der Waals surface area contributed by atoms with Gasteiger partial charge >= 0.3 is 12.1 Å². The molecule has 2 aliphatic carbocycles. The number of halogens is 3. The van der Waals surface area contributed by atoms with E-state index in [9.17, 15) is 18.0 Å². The molecule has 2 heterocycles. The van der Waals surface area contributed by atoms with Crippen LogP contribution >= 0.6 is 0 Å². The van der Waals surface area contributed by atoms with Crippen LogP contribution < -0.4 is 0 Å². The largest absolute Gasteiger partial charge is 0.460 e. The maximum absolute atomic E-state index is 14.7. The van der Waals surface area contributed by atoms with Crippen molar-refractivity contribution in [2.45, 2.75) is 130 Å². The lowest BCUT2D eigenvalue weighted by molar-refractivity contribution is -0.154. The maximum atomic E-state index is 14.7. The Bertz CT molecular complexity index is 1660. The van der Waals surface area contributed by atoms with Gasteiger partial charge in [-0.1, -0.05) is 46.2 Å². The van der Waals surface area contributed by atoms with E-state index in [-0.39, 0.29) is 41.9 Å². The Hall–Kier alpha value is -2.49. The Labute approximate surface area is 284 Å². The summed E-state index contributed by atoms with van der Waals surface area (Å²) in [5.74, 6) is 0.257. The van der Waals surface area contributed by atoms with Crippen LogP contribution in [0.3, 0.4) is 0 Å². The second-order valence-corrected chi connectivity index (χ2v) is 28.8. The van der Waals surface area contributed by atoms with Crippen molar-refractivity contribution in [1.82, 2.24) is 19.3 Å². The highest BCUT2D eigenvalue weighted by Crippen LogP contribution is 2.60. The minimum Gasteiger partial charge on any atom is -0.460 e. The predicted molar refractivity (Wildman–Crippen MR) is 187 cm³/mol. The number of imidazole rings is 1. The maximum Gasteiger partial charge on any atom is 0.418 e. The first-order valence-electron chi connectivity index (χ1n) is 17.1. The van der Waals surface area contributed by atoms with Gasteiger partial charge in [-0.2, -0.15) is 18.3 Å². The number of hydrogen-bond donors (Lipinski definition) is 0. The third kappa shape index (κ3) is 8.80. The van der Waals surface area contributed by atoms with Crippen molar-refractivity contribution in [2.24, 2.45) is 11.3 Å². The molecule has 0 aliphatic heterocycles. The van der Waals surface area contributed by atoms with E-state index in [2.05, 4.69) is 46.2 Å². The van der Waals surface area contributed by atoms with Gasteiger partial charge in [-0.25, -0.2) is 9.67 Å². The average molecular weight is 707 g/mol. The van der Waals surface area contributed by atoms with E-state index in [0.29, 0.717) is 30.7 Å². The number of esters is 1. The molecule has 0 N–H and O–H groups in total. The molecule has 2 atom stereocenters. The van der Waals surface area contributed by atoms with E-state index in [1.165, 1.54) is 0 Å².